The predicted octanol–water partition coefficient (Wildman–Crippen LogP) is 6.75. The molecule has 0 aliphatic heterocycles. The highest BCUT2D eigenvalue weighted by Gasteiger charge is 2.55. The van der Waals surface area contributed by atoms with E-state index in [-0.39, 0.29) is 35.4 Å². The molecule has 1 fully saturated rings. The van der Waals surface area contributed by atoms with Crippen LogP contribution in [0.2, 0.25) is 0 Å². The van der Waals surface area contributed by atoms with Gasteiger partial charge in [-0.15, -0.1) is 0 Å². The number of benzene rings is 2. The van der Waals surface area contributed by atoms with E-state index in [4.69, 9.17) is 19.7 Å². The molecule has 280 valence electrons. The van der Waals surface area contributed by atoms with Crippen LogP contribution in [0.3, 0.4) is 0 Å². The predicted molar refractivity (Wildman–Crippen MR) is 194 cm³/mol. The van der Waals surface area contributed by atoms with Crippen LogP contribution >= 0.6 is 15.2 Å². The number of carbonyl (C=O) groups excluding carboxylic acids is 2. The first kappa shape index (κ1) is 41.7. The molecule has 0 saturated heterocycles. The van der Waals surface area contributed by atoms with Gasteiger partial charge in [-0.1, -0.05) is 66.0 Å². The van der Waals surface area contributed by atoms with Crippen LogP contribution in [-0.2, 0) is 24.9 Å². The fraction of sp³-hybridized carbons (Fsp3) is 0.611. The molecule has 0 spiro atoms. The zero-order valence-electron chi connectivity index (χ0n) is 30.4. The van der Waals surface area contributed by atoms with Crippen LogP contribution in [0.5, 0.6) is 11.5 Å². The minimum Gasteiger partial charge on any atom is -0.492 e. The summed E-state index contributed by atoms with van der Waals surface area (Å²) in [5.41, 5.74) is 7.12. The lowest BCUT2D eigenvalue weighted by Crippen LogP contribution is -2.47. The van der Waals surface area contributed by atoms with E-state index in [0.29, 0.717) is 35.8 Å². The summed E-state index contributed by atoms with van der Waals surface area (Å²) in [7, 11) is -9.46. The van der Waals surface area contributed by atoms with Crippen molar-refractivity contribution in [3.8, 4) is 11.5 Å². The molecule has 6 N–H and O–H groups in total. The van der Waals surface area contributed by atoms with Gasteiger partial charge in [0.1, 0.15) is 16.8 Å². The largest absolute Gasteiger partial charge is 0.492 e. The summed E-state index contributed by atoms with van der Waals surface area (Å²) in [6, 6.07) is 9.05. The molecule has 2 aromatic carbocycles. The first-order valence-electron chi connectivity index (χ1n) is 17.6. The Morgan fingerprint density at radius 3 is 2.12 bits per heavy atom. The lowest BCUT2D eigenvalue weighted by atomic mass is 9.90. The standard InChI is InChI=1S/C36H56N2O10P2/c1-8-25(6)48-49(41,42)33-20-27(14-17-32(33)47-36(23(2)3,24(4)5)50(43,44)45)15-19-34(39)38-26(7)29-16-18-31(30(21-29)35(37)40)46-22-28-12-10-9-11-13-28/h14,16-18,20-21,23-26,28H,8-13,15,19,22H2,1-7H3,(H2,37,40)(H,38,39)(H,41,42)(H2,43,44,45). The monoisotopic (exact) mass is 738 g/mol. The van der Waals surface area contributed by atoms with Crippen molar-refractivity contribution in [3.63, 3.8) is 0 Å². The average molecular weight is 739 g/mol. The number of amides is 2. The smallest absolute Gasteiger partial charge is 0.369 e. The Labute approximate surface area is 296 Å². The highest BCUT2D eigenvalue weighted by Crippen LogP contribution is 2.59. The molecule has 0 heterocycles. The van der Waals surface area contributed by atoms with Crippen LogP contribution in [-0.4, -0.2) is 44.5 Å². The Hall–Kier alpha value is -2.72. The van der Waals surface area contributed by atoms with Crippen LogP contribution in [0.4, 0.5) is 0 Å². The van der Waals surface area contributed by atoms with Crippen molar-refractivity contribution in [2.75, 3.05) is 6.61 Å². The average Bonchev–Trinajstić information content (AvgIpc) is 3.04. The van der Waals surface area contributed by atoms with Crippen LogP contribution in [0.15, 0.2) is 36.4 Å². The highest BCUT2D eigenvalue weighted by molar-refractivity contribution is 7.61. The molecule has 14 heteroatoms. The molecule has 1 aliphatic carbocycles. The second-order valence-electron chi connectivity index (χ2n) is 14.1. The van der Waals surface area contributed by atoms with E-state index in [0.717, 1.165) is 12.8 Å². The van der Waals surface area contributed by atoms with Crippen LogP contribution < -0.4 is 25.8 Å². The summed E-state index contributed by atoms with van der Waals surface area (Å²) in [5, 5.41) is 0.701. The van der Waals surface area contributed by atoms with Gasteiger partial charge in [0.25, 0.3) is 5.91 Å². The molecular weight excluding hydrogens is 682 g/mol. The quantitative estimate of drug-likeness (QED) is 0.102. The zero-order valence-corrected chi connectivity index (χ0v) is 32.2. The molecule has 3 rings (SSSR count). The maximum atomic E-state index is 13.6. The fourth-order valence-corrected chi connectivity index (χ4v) is 9.60. The topological polar surface area (TPSA) is 195 Å². The first-order chi connectivity index (χ1) is 23.3. The number of aryl methyl sites for hydroxylation is 1. The molecular formula is C36H56N2O10P2. The normalized spacial score (nSPS) is 16.9. The van der Waals surface area contributed by atoms with Crippen molar-refractivity contribution in [2.24, 2.45) is 23.5 Å². The summed E-state index contributed by atoms with van der Waals surface area (Å²) in [4.78, 5) is 57.3. The maximum Gasteiger partial charge on any atom is 0.369 e. The van der Waals surface area contributed by atoms with E-state index in [1.165, 1.54) is 31.4 Å². The number of nitrogens with one attached hydrogen (secondary N) is 1. The summed E-state index contributed by atoms with van der Waals surface area (Å²) >= 11 is 0. The fourth-order valence-electron chi connectivity index (χ4n) is 6.56. The molecule has 3 unspecified atom stereocenters. The van der Waals surface area contributed by atoms with E-state index in [1.807, 2.05) is 0 Å². The van der Waals surface area contributed by atoms with Crippen molar-refractivity contribution in [2.45, 2.75) is 117 Å². The Bertz CT molecular complexity index is 1560. The molecule has 0 bridgehead atoms. The lowest BCUT2D eigenvalue weighted by Gasteiger charge is -2.41. The molecule has 1 aliphatic rings. The van der Waals surface area contributed by atoms with Gasteiger partial charge in [-0.3, -0.25) is 18.7 Å². The molecule has 1 saturated carbocycles. The van der Waals surface area contributed by atoms with Crippen molar-refractivity contribution in [1.29, 1.82) is 0 Å². The third-order valence-corrected chi connectivity index (χ3v) is 13.2. The van der Waals surface area contributed by atoms with Crippen molar-refractivity contribution in [3.05, 3.63) is 53.1 Å². The second-order valence-corrected chi connectivity index (χ2v) is 17.6. The van der Waals surface area contributed by atoms with E-state index in [2.05, 4.69) is 5.32 Å². The van der Waals surface area contributed by atoms with Gasteiger partial charge in [0.15, 0.2) is 0 Å². The molecule has 0 radical (unpaired) electrons. The van der Waals surface area contributed by atoms with Gasteiger partial charge in [0.2, 0.25) is 11.2 Å². The van der Waals surface area contributed by atoms with Gasteiger partial charge < -0.3 is 39.7 Å². The number of hydrogen-bond acceptors (Lipinski definition) is 7. The van der Waals surface area contributed by atoms with E-state index in [1.54, 1.807) is 72.7 Å². The minimum absolute atomic E-state index is 0.0155. The van der Waals surface area contributed by atoms with E-state index >= 15 is 0 Å². The number of primary amides is 1. The highest BCUT2D eigenvalue weighted by atomic mass is 31.2. The number of carbonyl (C=O) groups is 2. The van der Waals surface area contributed by atoms with Gasteiger partial charge in [0, 0.05) is 18.3 Å². The van der Waals surface area contributed by atoms with E-state index < -0.39 is 50.4 Å². The van der Waals surface area contributed by atoms with Gasteiger partial charge in [-0.05, 0) is 80.8 Å². The molecule has 2 amide bonds. The first-order valence-corrected chi connectivity index (χ1v) is 20.8. The van der Waals surface area contributed by atoms with Crippen LogP contribution in [0, 0.1) is 17.8 Å². The van der Waals surface area contributed by atoms with Gasteiger partial charge in [-0.2, -0.15) is 0 Å². The van der Waals surface area contributed by atoms with Gasteiger partial charge in [-0.25, -0.2) is 0 Å². The van der Waals surface area contributed by atoms with Crippen LogP contribution in [0.25, 0.3) is 0 Å². The van der Waals surface area contributed by atoms with Crippen LogP contribution in [0.1, 0.15) is 121 Å². The molecule has 50 heavy (non-hydrogen) atoms. The number of hydrogen-bond donors (Lipinski definition) is 5. The summed E-state index contributed by atoms with van der Waals surface area (Å²) in [6.07, 6.45) is 5.84. The Morgan fingerprint density at radius 2 is 1.56 bits per heavy atom. The molecule has 3 atom stereocenters. The molecule has 2 aromatic rings. The van der Waals surface area contributed by atoms with E-state index in [9.17, 15) is 33.4 Å². The van der Waals surface area contributed by atoms with Crippen molar-refractivity contribution >= 4 is 32.3 Å². The summed E-state index contributed by atoms with van der Waals surface area (Å²) in [5.74, 6) is -1.56. The zero-order chi connectivity index (χ0) is 37.4. The Balaban J connectivity index is 1.80. The Morgan fingerprint density at radius 1 is 0.940 bits per heavy atom. The second kappa shape index (κ2) is 17.7. The lowest BCUT2D eigenvalue weighted by molar-refractivity contribution is -0.121. The number of nitrogens with two attached hydrogens (primary N) is 1. The SMILES string of the molecule is CCC(C)OP(=O)(O)c1cc(CCC(=O)NC(C)c2ccc(OCC3CCCCC3)c(C(N)=O)c2)ccc1OC(C(C)C)(C(C)C)P(=O)(O)O. The number of rotatable bonds is 18. The molecule has 12 nitrogen and oxygen atoms in total. The van der Waals surface area contributed by atoms with Gasteiger partial charge in [0.05, 0.1) is 24.3 Å². The third kappa shape index (κ3) is 10.4. The molecule has 0 aromatic heterocycles. The summed E-state index contributed by atoms with van der Waals surface area (Å²) < 4.78 is 44.1. The maximum absolute atomic E-state index is 13.6. The van der Waals surface area contributed by atoms with Crippen molar-refractivity contribution in [1.82, 2.24) is 5.32 Å². The third-order valence-electron chi connectivity index (χ3n) is 9.60. The van der Waals surface area contributed by atoms with Gasteiger partial charge >= 0.3 is 15.2 Å². The Kier molecular flexibility index (Phi) is 14.7. The number of ether oxygens (including phenoxy) is 2. The summed E-state index contributed by atoms with van der Waals surface area (Å²) in [6.45, 7) is 12.2. The minimum atomic E-state index is -4.91. The van der Waals surface area contributed by atoms with Crippen molar-refractivity contribution < 1.29 is 47.4 Å².